The molecule has 1 aromatic rings. The van der Waals surface area contributed by atoms with Crippen LogP contribution in [0.5, 0.6) is 0 Å². The molecule has 0 saturated carbocycles. The third-order valence-electron chi connectivity index (χ3n) is 2.03. The first-order valence-corrected chi connectivity index (χ1v) is 4.37. The highest BCUT2D eigenvalue weighted by molar-refractivity contribution is 5.85. The van der Waals surface area contributed by atoms with Gasteiger partial charge in [0, 0.05) is 0 Å². The first-order chi connectivity index (χ1) is 7.36. The summed E-state index contributed by atoms with van der Waals surface area (Å²) in [6.07, 6.45) is -4.45. The number of esters is 1. The fraction of sp³-hybridized carbons (Fsp3) is 0.300. The van der Waals surface area contributed by atoms with Crippen molar-refractivity contribution in [2.75, 3.05) is 7.11 Å². The second kappa shape index (κ2) is 5.88. The lowest BCUT2D eigenvalue weighted by Crippen LogP contribution is -2.23. The van der Waals surface area contributed by atoms with Crippen molar-refractivity contribution in [3.05, 3.63) is 35.4 Å². The number of benzene rings is 1. The van der Waals surface area contributed by atoms with Gasteiger partial charge >= 0.3 is 12.1 Å². The molecule has 0 bridgehead atoms. The van der Waals surface area contributed by atoms with Gasteiger partial charge in [0.25, 0.3) is 0 Å². The van der Waals surface area contributed by atoms with E-state index in [1.54, 1.807) is 0 Å². The molecule has 2 N–H and O–H groups in total. The molecule has 0 aliphatic rings. The van der Waals surface area contributed by atoms with Gasteiger partial charge in [-0.1, -0.05) is 12.1 Å². The van der Waals surface area contributed by atoms with Crippen LogP contribution in [0.3, 0.4) is 0 Å². The predicted octanol–water partition coefficient (Wildman–Crippen LogP) is 2.30. The number of carbonyl (C=O) groups excluding carboxylic acids is 1. The SMILES string of the molecule is COC(=O)[C@@H](N)c1cccc(C(F)(F)F)c1.Cl. The van der Waals surface area contributed by atoms with E-state index < -0.39 is 23.8 Å². The largest absolute Gasteiger partial charge is 0.468 e. The summed E-state index contributed by atoms with van der Waals surface area (Å²) in [6.45, 7) is 0. The number of hydrogen-bond donors (Lipinski definition) is 1. The molecule has 1 rings (SSSR count). The van der Waals surface area contributed by atoms with Crippen molar-refractivity contribution in [1.82, 2.24) is 0 Å². The zero-order valence-electron chi connectivity index (χ0n) is 8.82. The van der Waals surface area contributed by atoms with Gasteiger partial charge in [0.2, 0.25) is 0 Å². The van der Waals surface area contributed by atoms with Gasteiger partial charge in [0.05, 0.1) is 12.7 Å². The molecule has 0 aliphatic heterocycles. The van der Waals surface area contributed by atoms with Crippen LogP contribution in [0, 0.1) is 0 Å². The molecule has 96 valence electrons. The maximum absolute atomic E-state index is 12.4. The van der Waals surface area contributed by atoms with E-state index in [-0.39, 0.29) is 18.0 Å². The number of hydrogen-bond acceptors (Lipinski definition) is 3. The van der Waals surface area contributed by atoms with Gasteiger partial charge in [0.15, 0.2) is 0 Å². The van der Waals surface area contributed by atoms with Crippen LogP contribution in [-0.4, -0.2) is 13.1 Å². The maximum Gasteiger partial charge on any atom is 0.416 e. The van der Waals surface area contributed by atoms with Crippen molar-refractivity contribution in [2.45, 2.75) is 12.2 Å². The topological polar surface area (TPSA) is 52.3 Å². The Morgan fingerprint density at radius 1 is 1.41 bits per heavy atom. The first-order valence-electron chi connectivity index (χ1n) is 4.37. The summed E-state index contributed by atoms with van der Waals surface area (Å²) in [5, 5.41) is 0. The predicted molar refractivity (Wildman–Crippen MR) is 57.6 cm³/mol. The molecular formula is C10H11ClF3NO2. The van der Waals surface area contributed by atoms with Crippen molar-refractivity contribution < 1.29 is 22.7 Å². The Labute approximate surface area is 102 Å². The lowest BCUT2D eigenvalue weighted by atomic mass is 10.0. The monoisotopic (exact) mass is 269 g/mol. The summed E-state index contributed by atoms with van der Waals surface area (Å²) < 4.78 is 41.4. The van der Waals surface area contributed by atoms with Crippen molar-refractivity contribution in [2.24, 2.45) is 5.73 Å². The third-order valence-corrected chi connectivity index (χ3v) is 2.03. The average molecular weight is 270 g/mol. The molecule has 7 heteroatoms. The number of methoxy groups -OCH3 is 1. The van der Waals surface area contributed by atoms with Crippen LogP contribution in [0.1, 0.15) is 17.2 Å². The molecule has 0 unspecified atom stereocenters. The third kappa shape index (κ3) is 3.90. The van der Waals surface area contributed by atoms with E-state index in [2.05, 4.69) is 4.74 Å². The Morgan fingerprint density at radius 3 is 2.47 bits per heavy atom. The molecule has 0 amide bonds. The summed E-state index contributed by atoms with van der Waals surface area (Å²) >= 11 is 0. The number of ether oxygens (including phenoxy) is 1. The van der Waals surface area contributed by atoms with Crippen LogP contribution in [0.2, 0.25) is 0 Å². The molecule has 0 aliphatic carbocycles. The van der Waals surface area contributed by atoms with Crippen LogP contribution in [-0.2, 0) is 15.7 Å². The number of carbonyl (C=O) groups is 1. The van der Waals surface area contributed by atoms with Crippen LogP contribution >= 0.6 is 12.4 Å². The second-order valence-corrected chi connectivity index (χ2v) is 3.12. The van der Waals surface area contributed by atoms with E-state index in [0.29, 0.717) is 0 Å². The van der Waals surface area contributed by atoms with Crippen molar-refractivity contribution in [1.29, 1.82) is 0 Å². The van der Waals surface area contributed by atoms with Crippen molar-refractivity contribution in [3.8, 4) is 0 Å². The fourth-order valence-corrected chi connectivity index (χ4v) is 1.17. The first kappa shape index (κ1) is 15.7. The van der Waals surface area contributed by atoms with Gasteiger partial charge in [-0.2, -0.15) is 13.2 Å². The standard InChI is InChI=1S/C10H10F3NO2.ClH/c1-16-9(15)8(14)6-3-2-4-7(5-6)10(11,12)13;/h2-5,8H,14H2,1H3;1H/t8-;/m0./s1. The Morgan fingerprint density at radius 2 is 2.00 bits per heavy atom. The minimum atomic E-state index is -4.45. The van der Waals surface area contributed by atoms with Crippen LogP contribution < -0.4 is 5.73 Å². The normalized spacial score (nSPS) is 12.5. The van der Waals surface area contributed by atoms with Gasteiger partial charge < -0.3 is 10.5 Å². The van der Waals surface area contributed by atoms with Crippen LogP contribution in [0.4, 0.5) is 13.2 Å². The average Bonchev–Trinajstić information content (AvgIpc) is 2.26. The second-order valence-electron chi connectivity index (χ2n) is 3.12. The van der Waals surface area contributed by atoms with Gasteiger partial charge in [-0.25, -0.2) is 0 Å². The lowest BCUT2D eigenvalue weighted by Gasteiger charge is -2.12. The van der Waals surface area contributed by atoms with Crippen LogP contribution in [0.25, 0.3) is 0 Å². The highest BCUT2D eigenvalue weighted by Crippen LogP contribution is 2.30. The minimum absolute atomic E-state index is 0. The zero-order chi connectivity index (χ0) is 12.3. The lowest BCUT2D eigenvalue weighted by molar-refractivity contribution is -0.143. The minimum Gasteiger partial charge on any atom is -0.468 e. The molecule has 0 aromatic heterocycles. The highest BCUT2D eigenvalue weighted by atomic mass is 35.5. The van der Waals surface area contributed by atoms with E-state index in [0.717, 1.165) is 19.2 Å². The van der Waals surface area contributed by atoms with Gasteiger partial charge in [-0.15, -0.1) is 12.4 Å². The van der Waals surface area contributed by atoms with E-state index in [1.165, 1.54) is 12.1 Å². The molecular weight excluding hydrogens is 259 g/mol. The number of alkyl halides is 3. The summed E-state index contributed by atoms with van der Waals surface area (Å²) in [5.41, 5.74) is 4.65. The molecule has 0 heterocycles. The molecule has 0 spiro atoms. The molecule has 1 aromatic carbocycles. The van der Waals surface area contributed by atoms with E-state index >= 15 is 0 Å². The maximum atomic E-state index is 12.4. The van der Waals surface area contributed by atoms with Crippen molar-refractivity contribution >= 4 is 18.4 Å². The molecule has 0 fully saturated rings. The Balaban J connectivity index is 0.00000256. The molecule has 17 heavy (non-hydrogen) atoms. The highest BCUT2D eigenvalue weighted by Gasteiger charge is 2.31. The van der Waals surface area contributed by atoms with Crippen LogP contribution in [0.15, 0.2) is 24.3 Å². The summed E-state index contributed by atoms with van der Waals surface area (Å²) in [6, 6.07) is 3.08. The van der Waals surface area contributed by atoms with E-state index in [1.807, 2.05) is 0 Å². The fourth-order valence-electron chi connectivity index (χ4n) is 1.17. The Bertz CT molecular complexity index is 395. The molecule has 1 atom stereocenters. The smallest absolute Gasteiger partial charge is 0.416 e. The van der Waals surface area contributed by atoms with Crippen molar-refractivity contribution in [3.63, 3.8) is 0 Å². The molecule has 0 radical (unpaired) electrons. The van der Waals surface area contributed by atoms with Gasteiger partial charge in [-0.05, 0) is 17.7 Å². The number of halogens is 4. The Kier molecular flexibility index (Phi) is 5.44. The number of nitrogens with two attached hydrogens (primary N) is 1. The van der Waals surface area contributed by atoms with E-state index in [9.17, 15) is 18.0 Å². The van der Waals surface area contributed by atoms with E-state index in [4.69, 9.17) is 5.73 Å². The Hall–Kier alpha value is -1.27. The van der Waals surface area contributed by atoms with Gasteiger partial charge in [-0.3, -0.25) is 4.79 Å². The van der Waals surface area contributed by atoms with Gasteiger partial charge in [0.1, 0.15) is 6.04 Å². The molecule has 0 saturated heterocycles. The number of rotatable bonds is 2. The summed E-state index contributed by atoms with van der Waals surface area (Å²) in [7, 11) is 1.12. The summed E-state index contributed by atoms with van der Waals surface area (Å²) in [4.78, 5) is 11.0. The quantitative estimate of drug-likeness (QED) is 0.838. The zero-order valence-corrected chi connectivity index (χ0v) is 9.64. The molecule has 3 nitrogen and oxygen atoms in total. The summed E-state index contributed by atoms with van der Waals surface area (Å²) in [5.74, 6) is -0.778.